The number of hydrogen-bond acceptors (Lipinski definition) is 5. The first kappa shape index (κ1) is 13.8. The van der Waals surface area contributed by atoms with E-state index in [-0.39, 0.29) is 18.0 Å². The fourth-order valence-electron chi connectivity index (χ4n) is 2.50. The third kappa shape index (κ3) is 3.04. The number of carbonyl (C=O) groups is 2. The van der Waals surface area contributed by atoms with Crippen LogP contribution in [0.1, 0.15) is 19.3 Å². The van der Waals surface area contributed by atoms with Crippen molar-refractivity contribution in [1.29, 1.82) is 0 Å². The molecule has 2 atom stereocenters. The van der Waals surface area contributed by atoms with Crippen molar-refractivity contribution in [2.45, 2.75) is 31.4 Å². The molecule has 0 bridgehead atoms. The minimum atomic E-state index is -1.13. The maximum atomic E-state index is 12.1. The van der Waals surface area contributed by atoms with E-state index in [1.165, 1.54) is 0 Å². The monoisotopic (exact) mass is 269 g/mol. The third-order valence-corrected chi connectivity index (χ3v) is 3.72. The van der Waals surface area contributed by atoms with Crippen LogP contribution in [0.5, 0.6) is 0 Å². The van der Waals surface area contributed by atoms with E-state index >= 15 is 0 Å². The highest BCUT2D eigenvalue weighted by Crippen LogP contribution is 2.18. The highest BCUT2D eigenvalue weighted by Gasteiger charge is 2.34. The minimum absolute atomic E-state index is 0.0407. The number of carbonyl (C=O) groups excluding carboxylic acids is 1. The van der Waals surface area contributed by atoms with Crippen LogP contribution in [0.2, 0.25) is 0 Å². The Morgan fingerprint density at radius 1 is 1.58 bits per heavy atom. The molecule has 106 valence electrons. The van der Waals surface area contributed by atoms with Gasteiger partial charge in [0, 0.05) is 26.1 Å². The molecule has 2 aliphatic heterocycles. The summed E-state index contributed by atoms with van der Waals surface area (Å²) < 4.78 is 0. The molecule has 2 heterocycles. The predicted molar refractivity (Wildman–Crippen MR) is 67.8 cm³/mol. The highest BCUT2D eigenvalue weighted by molar-refractivity contribution is 6.36. The van der Waals surface area contributed by atoms with Crippen molar-refractivity contribution in [3.8, 4) is 0 Å². The molecule has 0 aromatic heterocycles. The van der Waals surface area contributed by atoms with Crippen molar-refractivity contribution in [3.63, 3.8) is 0 Å². The second-order valence-electron chi connectivity index (χ2n) is 5.14. The van der Waals surface area contributed by atoms with E-state index in [1.807, 2.05) is 7.05 Å². The van der Waals surface area contributed by atoms with Gasteiger partial charge in [0.15, 0.2) is 5.71 Å². The van der Waals surface area contributed by atoms with Crippen molar-refractivity contribution in [2.75, 3.05) is 27.2 Å². The van der Waals surface area contributed by atoms with Crippen molar-refractivity contribution < 1.29 is 19.5 Å². The Labute approximate surface area is 111 Å². The normalized spacial score (nSPS) is 26.9. The molecule has 0 aliphatic carbocycles. The molecule has 19 heavy (non-hydrogen) atoms. The summed E-state index contributed by atoms with van der Waals surface area (Å²) in [6.45, 7) is 1.69. The highest BCUT2D eigenvalue weighted by atomic mass is 16.6. The van der Waals surface area contributed by atoms with E-state index in [2.05, 4.69) is 10.1 Å². The zero-order chi connectivity index (χ0) is 14.0. The van der Waals surface area contributed by atoms with Crippen LogP contribution in [0.3, 0.4) is 0 Å². The average molecular weight is 269 g/mol. The second kappa shape index (κ2) is 5.56. The van der Waals surface area contributed by atoms with Gasteiger partial charge >= 0.3 is 5.97 Å². The van der Waals surface area contributed by atoms with E-state index in [4.69, 9.17) is 9.94 Å². The Kier molecular flexibility index (Phi) is 4.04. The Bertz CT molecular complexity index is 410. The number of rotatable bonds is 4. The number of likely N-dealkylation sites (N-methyl/N-ethyl adjacent to an activating group) is 2. The molecule has 7 heteroatoms. The van der Waals surface area contributed by atoms with Crippen LogP contribution in [-0.4, -0.2) is 71.8 Å². The number of carboxylic acids is 1. The Hall–Kier alpha value is -1.63. The summed E-state index contributed by atoms with van der Waals surface area (Å²) in [7, 11) is 3.77. The maximum absolute atomic E-state index is 12.1. The largest absolute Gasteiger partial charge is 0.477 e. The average Bonchev–Trinajstić information content (AvgIpc) is 2.98. The molecule has 0 spiro atoms. The summed E-state index contributed by atoms with van der Waals surface area (Å²) in [6, 6.07) is 0.371. The molecule has 0 aromatic rings. The molecule has 0 radical (unpaired) electrons. The van der Waals surface area contributed by atoms with Gasteiger partial charge in [-0.1, -0.05) is 5.16 Å². The van der Waals surface area contributed by atoms with Crippen LogP contribution in [0.25, 0.3) is 0 Å². The summed E-state index contributed by atoms with van der Waals surface area (Å²) in [5.74, 6) is -1.34. The first-order valence-electron chi connectivity index (χ1n) is 6.40. The summed E-state index contributed by atoms with van der Waals surface area (Å²) in [6.07, 6.45) is 1.48. The lowest BCUT2D eigenvalue weighted by Crippen LogP contribution is -2.43. The fraction of sp³-hybridized carbons (Fsp3) is 0.750. The van der Waals surface area contributed by atoms with Gasteiger partial charge in [-0.2, -0.15) is 0 Å². The van der Waals surface area contributed by atoms with Gasteiger partial charge in [0.25, 0.3) is 5.91 Å². The van der Waals surface area contributed by atoms with Gasteiger partial charge in [-0.25, -0.2) is 4.79 Å². The number of amides is 1. The van der Waals surface area contributed by atoms with E-state index in [9.17, 15) is 9.59 Å². The van der Waals surface area contributed by atoms with Crippen molar-refractivity contribution >= 4 is 17.6 Å². The Morgan fingerprint density at radius 2 is 2.32 bits per heavy atom. The fourth-order valence-corrected chi connectivity index (χ4v) is 2.50. The first-order chi connectivity index (χ1) is 8.99. The Balaban J connectivity index is 1.85. The lowest BCUT2D eigenvalue weighted by Gasteiger charge is -2.26. The molecule has 1 N–H and O–H groups in total. The van der Waals surface area contributed by atoms with E-state index in [1.54, 1.807) is 11.9 Å². The van der Waals surface area contributed by atoms with E-state index < -0.39 is 12.1 Å². The standard InChI is InChI=1S/C12H19N3O4/c1-14-5-3-4-8(14)7-15(2)11(16)10-6-9(12(17)18)13-19-10/h8,10H,3-7H2,1-2H3,(H,17,18). The van der Waals surface area contributed by atoms with Gasteiger partial charge in [-0.15, -0.1) is 0 Å². The van der Waals surface area contributed by atoms with Crippen LogP contribution in [0.4, 0.5) is 0 Å². The number of likely N-dealkylation sites (tertiary alicyclic amines) is 1. The second-order valence-corrected chi connectivity index (χ2v) is 5.14. The molecular weight excluding hydrogens is 250 g/mol. The summed E-state index contributed by atoms with van der Waals surface area (Å²) in [5.41, 5.74) is -0.0928. The number of hydrogen-bond donors (Lipinski definition) is 1. The number of aliphatic carboxylic acids is 1. The predicted octanol–water partition coefficient (Wildman–Crippen LogP) is -0.231. The van der Waals surface area contributed by atoms with Crippen LogP contribution in [-0.2, 0) is 14.4 Å². The molecule has 0 saturated carbocycles. The Morgan fingerprint density at radius 3 is 2.84 bits per heavy atom. The summed E-state index contributed by atoms with van der Waals surface area (Å²) in [5, 5.41) is 12.2. The third-order valence-electron chi connectivity index (χ3n) is 3.72. The number of carboxylic acid groups (broad SMARTS) is 1. The molecule has 2 unspecified atom stereocenters. The maximum Gasteiger partial charge on any atom is 0.353 e. The van der Waals surface area contributed by atoms with Crippen LogP contribution >= 0.6 is 0 Å². The lowest BCUT2D eigenvalue weighted by atomic mass is 10.1. The smallest absolute Gasteiger partial charge is 0.353 e. The molecule has 1 fully saturated rings. The van der Waals surface area contributed by atoms with E-state index in [0.29, 0.717) is 12.6 Å². The minimum Gasteiger partial charge on any atom is -0.477 e. The van der Waals surface area contributed by atoms with Gasteiger partial charge < -0.3 is 19.7 Å². The van der Waals surface area contributed by atoms with E-state index in [0.717, 1.165) is 19.4 Å². The van der Waals surface area contributed by atoms with Gasteiger partial charge in [-0.05, 0) is 26.4 Å². The van der Waals surface area contributed by atoms with Crippen molar-refractivity contribution in [1.82, 2.24) is 9.80 Å². The lowest BCUT2D eigenvalue weighted by molar-refractivity contribution is -0.141. The quantitative estimate of drug-likeness (QED) is 0.762. The van der Waals surface area contributed by atoms with Gasteiger partial charge in [-0.3, -0.25) is 4.79 Å². The number of oxime groups is 1. The van der Waals surface area contributed by atoms with Crippen LogP contribution in [0, 0.1) is 0 Å². The summed E-state index contributed by atoms with van der Waals surface area (Å²) >= 11 is 0. The van der Waals surface area contributed by atoms with Crippen molar-refractivity contribution in [3.05, 3.63) is 0 Å². The molecule has 1 amide bonds. The number of nitrogens with zero attached hydrogens (tertiary/aromatic N) is 3. The van der Waals surface area contributed by atoms with Gasteiger partial charge in [0.05, 0.1) is 0 Å². The molecule has 2 aliphatic rings. The van der Waals surface area contributed by atoms with Crippen molar-refractivity contribution in [2.24, 2.45) is 5.16 Å². The van der Waals surface area contributed by atoms with Gasteiger partial charge in [0.2, 0.25) is 6.10 Å². The molecule has 2 rings (SSSR count). The molecule has 7 nitrogen and oxygen atoms in total. The zero-order valence-corrected chi connectivity index (χ0v) is 11.2. The summed E-state index contributed by atoms with van der Waals surface area (Å²) in [4.78, 5) is 31.6. The van der Waals surface area contributed by atoms with Crippen LogP contribution in [0.15, 0.2) is 5.16 Å². The molecular formula is C12H19N3O4. The SMILES string of the molecule is CN(CC1CCCN1C)C(=O)C1CC(C(=O)O)=NO1. The zero-order valence-electron chi connectivity index (χ0n) is 11.2. The molecule has 0 aromatic carbocycles. The van der Waals surface area contributed by atoms with Crippen LogP contribution < -0.4 is 0 Å². The first-order valence-corrected chi connectivity index (χ1v) is 6.40. The molecule has 1 saturated heterocycles. The van der Waals surface area contributed by atoms with Gasteiger partial charge in [0.1, 0.15) is 0 Å². The topological polar surface area (TPSA) is 82.4 Å².